The van der Waals surface area contributed by atoms with Crippen molar-refractivity contribution >= 4 is 17.4 Å². The van der Waals surface area contributed by atoms with E-state index in [1.165, 1.54) is 11.3 Å². The highest BCUT2D eigenvalue weighted by molar-refractivity contribution is 7.13. The molecule has 4 rings (SSSR count). The molecule has 0 saturated heterocycles. The standard InChI is InChI=1S/C19H22N6O2S/c1-19(2,3)22-18(26)27-14-10-12(11-14)15-23-24-16(17-21-8-9-28-17)25(15)13-4-6-20-7-5-13/h4-9,12,14H,10-11H2,1-3H3,(H,22,26). The average molecular weight is 398 g/mol. The topological polar surface area (TPSA) is 94.8 Å². The van der Waals surface area contributed by atoms with E-state index < -0.39 is 0 Å². The van der Waals surface area contributed by atoms with E-state index in [-0.39, 0.29) is 23.7 Å². The van der Waals surface area contributed by atoms with Crippen molar-refractivity contribution in [1.82, 2.24) is 30.0 Å². The van der Waals surface area contributed by atoms with Gasteiger partial charge in [-0.2, -0.15) is 0 Å². The van der Waals surface area contributed by atoms with Crippen LogP contribution in [-0.2, 0) is 4.74 Å². The maximum absolute atomic E-state index is 12.0. The van der Waals surface area contributed by atoms with Gasteiger partial charge in [0.25, 0.3) is 0 Å². The molecule has 0 atom stereocenters. The van der Waals surface area contributed by atoms with Gasteiger partial charge in [-0.1, -0.05) is 0 Å². The third-order valence-corrected chi connectivity index (χ3v) is 5.21. The zero-order chi connectivity index (χ0) is 19.7. The molecule has 28 heavy (non-hydrogen) atoms. The molecule has 3 heterocycles. The first-order chi connectivity index (χ1) is 13.4. The number of rotatable bonds is 4. The molecule has 1 aliphatic carbocycles. The molecule has 0 spiro atoms. The van der Waals surface area contributed by atoms with E-state index in [0.29, 0.717) is 5.82 Å². The maximum Gasteiger partial charge on any atom is 0.407 e. The number of pyridine rings is 1. The SMILES string of the molecule is CC(C)(C)NC(=O)OC1CC(c2nnc(-c3nccs3)n2-c2ccncc2)C1. The van der Waals surface area contributed by atoms with Gasteiger partial charge in [0.05, 0.1) is 5.69 Å². The third-order valence-electron chi connectivity index (χ3n) is 4.44. The van der Waals surface area contributed by atoms with Crippen LogP contribution in [0.3, 0.4) is 0 Å². The van der Waals surface area contributed by atoms with Gasteiger partial charge in [0.2, 0.25) is 0 Å². The summed E-state index contributed by atoms with van der Waals surface area (Å²) in [6, 6.07) is 3.85. The van der Waals surface area contributed by atoms with Crippen LogP contribution in [0, 0.1) is 0 Å². The largest absolute Gasteiger partial charge is 0.446 e. The van der Waals surface area contributed by atoms with Crippen LogP contribution >= 0.6 is 11.3 Å². The summed E-state index contributed by atoms with van der Waals surface area (Å²) in [6.07, 6.45) is 6.19. The van der Waals surface area contributed by atoms with Gasteiger partial charge in [0.15, 0.2) is 10.8 Å². The van der Waals surface area contributed by atoms with Gasteiger partial charge in [-0.15, -0.1) is 21.5 Å². The van der Waals surface area contributed by atoms with E-state index in [4.69, 9.17) is 4.74 Å². The third kappa shape index (κ3) is 3.89. The molecule has 1 N–H and O–H groups in total. The zero-order valence-electron chi connectivity index (χ0n) is 16.0. The quantitative estimate of drug-likeness (QED) is 0.722. The molecular weight excluding hydrogens is 376 g/mol. The second-order valence-electron chi connectivity index (χ2n) is 7.83. The van der Waals surface area contributed by atoms with Crippen LogP contribution in [-0.4, -0.2) is 42.5 Å². The lowest BCUT2D eigenvalue weighted by atomic mass is 9.81. The fourth-order valence-electron chi connectivity index (χ4n) is 3.14. The number of aromatic nitrogens is 5. The number of nitrogens with one attached hydrogen (secondary N) is 1. The number of ether oxygens (including phenoxy) is 1. The van der Waals surface area contributed by atoms with Crippen LogP contribution in [0.15, 0.2) is 36.1 Å². The second-order valence-corrected chi connectivity index (χ2v) is 8.73. The van der Waals surface area contributed by atoms with E-state index in [1.54, 1.807) is 18.6 Å². The Hall–Kier alpha value is -2.81. The molecule has 0 radical (unpaired) electrons. The molecule has 3 aromatic heterocycles. The Labute approximate surface area is 167 Å². The number of alkyl carbamates (subject to hydrolysis) is 1. The fraction of sp³-hybridized carbons (Fsp3) is 0.421. The number of carbonyl (C=O) groups is 1. The first kappa shape index (κ1) is 18.5. The van der Waals surface area contributed by atoms with E-state index in [0.717, 1.165) is 29.4 Å². The Morgan fingerprint density at radius 2 is 1.96 bits per heavy atom. The van der Waals surface area contributed by atoms with Crippen molar-refractivity contribution in [2.75, 3.05) is 0 Å². The lowest BCUT2D eigenvalue weighted by Crippen LogP contribution is -2.44. The van der Waals surface area contributed by atoms with Crippen LogP contribution in [0.1, 0.15) is 45.4 Å². The predicted molar refractivity (Wildman–Crippen MR) is 105 cm³/mol. The Balaban J connectivity index is 1.53. The summed E-state index contributed by atoms with van der Waals surface area (Å²) in [5.74, 6) is 1.74. The van der Waals surface area contributed by atoms with E-state index in [2.05, 4.69) is 25.5 Å². The maximum atomic E-state index is 12.0. The summed E-state index contributed by atoms with van der Waals surface area (Å²) in [6.45, 7) is 5.78. The van der Waals surface area contributed by atoms with E-state index in [1.807, 2.05) is 42.9 Å². The molecule has 1 aliphatic rings. The Morgan fingerprint density at radius 1 is 1.21 bits per heavy atom. The number of nitrogens with zero attached hydrogens (tertiary/aromatic N) is 5. The minimum Gasteiger partial charge on any atom is -0.446 e. The molecule has 9 heteroatoms. The Morgan fingerprint density at radius 3 is 2.61 bits per heavy atom. The van der Waals surface area contributed by atoms with Gasteiger partial charge < -0.3 is 10.1 Å². The molecule has 1 saturated carbocycles. The predicted octanol–water partition coefficient (Wildman–Crippen LogP) is 3.56. The highest BCUT2D eigenvalue weighted by Crippen LogP contribution is 2.40. The molecule has 1 amide bonds. The Kier molecular flexibility index (Phi) is 4.84. The van der Waals surface area contributed by atoms with Crippen molar-refractivity contribution in [3.05, 3.63) is 41.9 Å². The first-order valence-corrected chi connectivity index (χ1v) is 10.0. The minimum atomic E-state index is -0.380. The molecule has 0 bridgehead atoms. The number of amides is 1. The van der Waals surface area contributed by atoms with Crippen molar-refractivity contribution in [3.8, 4) is 16.5 Å². The zero-order valence-corrected chi connectivity index (χ0v) is 16.8. The highest BCUT2D eigenvalue weighted by Gasteiger charge is 2.38. The van der Waals surface area contributed by atoms with Crippen molar-refractivity contribution in [3.63, 3.8) is 0 Å². The summed E-state index contributed by atoms with van der Waals surface area (Å²) in [5, 5.41) is 14.4. The smallest absolute Gasteiger partial charge is 0.407 e. The van der Waals surface area contributed by atoms with Crippen LogP contribution in [0.2, 0.25) is 0 Å². The summed E-state index contributed by atoms with van der Waals surface area (Å²) in [7, 11) is 0. The fourth-order valence-corrected chi connectivity index (χ4v) is 3.75. The minimum absolute atomic E-state index is 0.113. The van der Waals surface area contributed by atoms with E-state index in [9.17, 15) is 4.79 Å². The van der Waals surface area contributed by atoms with Crippen LogP contribution in [0.25, 0.3) is 16.5 Å². The van der Waals surface area contributed by atoms with Crippen molar-refractivity contribution in [2.24, 2.45) is 0 Å². The lowest BCUT2D eigenvalue weighted by molar-refractivity contribution is 0.0336. The summed E-state index contributed by atoms with van der Waals surface area (Å²) in [4.78, 5) is 20.5. The van der Waals surface area contributed by atoms with Gasteiger partial charge in [0.1, 0.15) is 11.9 Å². The van der Waals surface area contributed by atoms with Crippen LogP contribution < -0.4 is 5.32 Å². The molecular formula is C19H22N6O2S. The van der Waals surface area contributed by atoms with Crippen LogP contribution in [0.5, 0.6) is 0 Å². The lowest BCUT2D eigenvalue weighted by Gasteiger charge is -2.34. The number of carbonyl (C=O) groups excluding carboxylic acids is 1. The van der Waals surface area contributed by atoms with Gasteiger partial charge in [-0.3, -0.25) is 9.55 Å². The first-order valence-electron chi connectivity index (χ1n) is 9.15. The Bertz CT molecular complexity index is 943. The van der Waals surface area contributed by atoms with Gasteiger partial charge >= 0.3 is 6.09 Å². The van der Waals surface area contributed by atoms with Crippen molar-refractivity contribution < 1.29 is 9.53 Å². The van der Waals surface area contributed by atoms with Crippen LogP contribution in [0.4, 0.5) is 4.79 Å². The highest BCUT2D eigenvalue weighted by atomic mass is 32.1. The molecule has 0 aromatic carbocycles. The van der Waals surface area contributed by atoms with Crippen molar-refractivity contribution in [1.29, 1.82) is 0 Å². The monoisotopic (exact) mass is 398 g/mol. The number of thiazole rings is 1. The van der Waals surface area contributed by atoms with Gasteiger partial charge in [-0.05, 0) is 45.7 Å². The summed E-state index contributed by atoms with van der Waals surface area (Å²) < 4.78 is 7.54. The van der Waals surface area contributed by atoms with E-state index >= 15 is 0 Å². The molecule has 1 fully saturated rings. The molecule has 146 valence electrons. The normalized spacial score (nSPS) is 19.1. The number of hydrogen-bond donors (Lipinski definition) is 1. The van der Waals surface area contributed by atoms with Gasteiger partial charge in [0, 0.05) is 35.4 Å². The summed E-state index contributed by atoms with van der Waals surface area (Å²) >= 11 is 1.52. The van der Waals surface area contributed by atoms with Crippen molar-refractivity contribution in [2.45, 2.75) is 51.2 Å². The molecule has 8 nitrogen and oxygen atoms in total. The second kappa shape index (κ2) is 7.31. The number of hydrogen-bond acceptors (Lipinski definition) is 7. The molecule has 0 aliphatic heterocycles. The van der Waals surface area contributed by atoms with Gasteiger partial charge in [-0.25, -0.2) is 9.78 Å². The summed E-state index contributed by atoms with van der Waals surface area (Å²) in [5.41, 5.74) is 0.625. The average Bonchev–Trinajstić information content (AvgIpc) is 3.26. The molecule has 0 unspecified atom stereocenters. The molecule has 3 aromatic rings.